The summed E-state index contributed by atoms with van der Waals surface area (Å²) in [4.78, 5) is 28.6. The third-order valence-electron chi connectivity index (χ3n) is 7.00. The van der Waals surface area contributed by atoms with Crippen LogP contribution in [0.1, 0.15) is 35.3 Å². The number of fused-ring (bicyclic) bond motifs is 5. The zero-order valence-electron chi connectivity index (χ0n) is 16.6. The zero-order valence-corrected chi connectivity index (χ0v) is 16.6. The summed E-state index contributed by atoms with van der Waals surface area (Å²) in [6.45, 7) is 2.67. The van der Waals surface area contributed by atoms with Crippen molar-refractivity contribution in [2.75, 3.05) is 6.54 Å². The van der Waals surface area contributed by atoms with Gasteiger partial charge in [0.05, 0.1) is 6.04 Å². The van der Waals surface area contributed by atoms with E-state index in [1.807, 2.05) is 72.5 Å². The van der Waals surface area contributed by atoms with Crippen molar-refractivity contribution in [3.8, 4) is 0 Å². The molecule has 2 amide bonds. The molecule has 6 atom stereocenters. The van der Waals surface area contributed by atoms with E-state index in [1.54, 1.807) is 0 Å². The fraction of sp³-hybridized carbons (Fsp3) is 0.360. The summed E-state index contributed by atoms with van der Waals surface area (Å²) in [5.41, 5.74) is 1.73. The number of rotatable bonds is 4. The molecule has 1 saturated heterocycles. The quantitative estimate of drug-likeness (QED) is 0.812. The van der Waals surface area contributed by atoms with Crippen LogP contribution in [0.3, 0.4) is 0 Å². The summed E-state index contributed by atoms with van der Waals surface area (Å²) in [5, 5.41) is 3.19. The molecule has 148 valence electrons. The largest absolute Gasteiger partial charge is 0.348 e. The van der Waals surface area contributed by atoms with E-state index < -0.39 is 6.04 Å². The smallest absolute Gasteiger partial charge is 0.254 e. The second kappa shape index (κ2) is 7.18. The van der Waals surface area contributed by atoms with Crippen LogP contribution in [0.15, 0.2) is 72.8 Å². The van der Waals surface area contributed by atoms with Crippen molar-refractivity contribution < 1.29 is 9.59 Å². The average Bonchev–Trinajstić information content (AvgIpc) is 3.46. The molecule has 2 aliphatic carbocycles. The fourth-order valence-corrected chi connectivity index (χ4v) is 5.63. The number of amides is 2. The van der Waals surface area contributed by atoms with Crippen molar-refractivity contribution in [3.63, 3.8) is 0 Å². The van der Waals surface area contributed by atoms with Crippen molar-refractivity contribution in [2.45, 2.75) is 25.4 Å². The van der Waals surface area contributed by atoms with E-state index in [-0.39, 0.29) is 23.8 Å². The summed E-state index contributed by atoms with van der Waals surface area (Å²) in [6.07, 6.45) is 5.69. The van der Waals surface area contributed by atoms with Crippen LogP contribution in [0.2, 0.25) is 0 Å². The highest BCUT2D eigenvalue weighted by Crippen LogP contribution is 2.54. The molecule has 5 rings (SSSR count). The first-order valence-electron chi connectivity index (χ1n) is 10.5. The Bertz CT molecular complexity index is 940. The first kappa shape index (κ1) is 18.2. The van der Waals surface area contributed by atoms with Gasteiger partial charge in [-0.3, -0.25) is 9.59 Å². The van der Waals surface area contributed by atoms with Crippen LogP contribution in [0.25, 0.3) is 0 Å². The third-order valence-corrected chi connectivity index (χ3v) is 7.00. The van der Waals surface area contributed by atoms with Gasteiger partial charge in [0.15, 0.2) is 0 Å². The lowest BCUT2D eigenvalue weighted by Gasteiger charge is -2.30. The highest BCUT2D eigenvalue weighted by molar-refractivity contribution is 5.98. The highest BCUT2D eigenvalue weighted by atomic mass is 16.2. The lowest BCUT2D eigenvalue weighted by Crippen LogP contribution is -2.50. The van der Waals surface area contributed by atoms with Gasteiger partial charge in [-0.25, -0.2) is 0 Å². The maximum Gasteiger partial charge on any atom is 0.254 e. The molecule has 3 aliphatic rings. The van der Waals surface area contributed by atoms with E-state index in [1.165, 1.54) is 0 Å². The lowest BCUT2D eigenvalue weighted by atomic mass is 9.81. The molecule has 4 heteroatoms. The van der Waals surface area contributed by atoms with E-state index in [9.17, 15) is 9.59 Å². The van der Waals surface area contributed by atoms with Gasteiger partial charge < -0.3 is 10.2 Å². The Morgan fingerprint density at radius 2 is 1.62 bits per heavy atom. The molecule has 2 aromatic carbocycles. The number of nitrogens with zero attached hydrogens (tertiary/aromatic N) is 1. The van der Waals surface area contributed by atoms with Crippen molar-refractivity contribution in [1.29, 1.82) is 0 Å². The summed E-state index contributed by atoms with van der Waals surface area (Å²) < 4.78 is 0. The Morgan fingerprint density at radius 3 is 2.34 bits per heavy atom. The molecule has 1 heterocycles. The van der Waals surface area contributed by atoms with Crippen molar-refractivity contribution in [3.05, 3.63) is 83.9 Å². The Balaban J connectivity index is 1.42. The molecule has 1 N–H and O–H groups in total. The van der Waals surface area contributed by atoms with Gasteiger partial charge in [0.1, 0.15) is 6.04 Å². The van der Waals surface area contributed by atoms with Gasteiger partial charge in [0, 0.05) is 12.1 Å². The van der Waals surface area contributed by atoms with Gasteiger partial charge in [-0.2, -0.15) is 0 Å². The van der Waals surface area contributed by atoms with E-state index in [2.05, 4.69) is 17.5 Å². The van der Waals surface area contributed by atoms with Crippen molar-refractivity contribution in [2.24, 2.45) is 23.7 Å². The number of carbonyl (C=O) groups is 2. The Labute approximate surface area is 171 Å². The molecule has 1 saturated carbocycles. The number of hydrogen-bond donors (Lipinski definition) is 1. The molecule has 0 radical (unpaired) electrons. The molecular formula is C25H26N2O2. The van der Waals surface area contributed by atoms with Crippen LogP contribution in [-0.2, 0) is 4.79 Å². The monoisotopic (exact) mass is 386 g/mol. The van der Waals surface area contributed by atoms with Crippen LogP contribution in [0, 0.1) is 23.7 Å². The molecule has 0 unspecified atom stereocenters. The molecule has 1 aliphatic heterocycles. The highest BCUT2D eigenvalue weighted by Gasteiger charge is 2.57. The summed E-state index contributed by atoms with van der Waals surface area (Å²) in [6, 6.07) is 18.8. The molecule has 0 aromatic heterocycles. The number of allylic oxidation sites excluding steroid dienone is 2. The molecule has 4 nitrogen and oxygen atoms in total. The first-order valence-corrected chi connectivity index (χ1v) is 10.5. The number of benzene rings is 2. The van der Waals surface area contributed by atoms with E-state index >= 15 is 0 Å². The van der Waals surface area contributed by atoms with Gasteiger partial charge in [0.25, 0.3) is 5.91 Å². The number of nitrogens with one attached hydrogen (secondary N) is 1. The summed E-state index contributed by atoms with van der Waals surface area (Å²) >= 11 is 0. The minimum atomic E-state index is -0.404. The Hall–Kier alpha value is -2.88. The van der Waals surface area contributed by atoms with Crippen molar-refractivity contribution in [1.82, 2.24) is 10.2 Å². The van der Waals surface area contributed by atoms with Gasteiger partial charge in [-0.1, -0.05) is 60.7 Å². The van der Waals surface area contributed by atoms with Crippen LogP contribution in [0.4, 0.5) is 0 Å². The normalized spacial score (nSPS) is 30.2. The van der Waals surface area contributed by atoms with Crippen LogP contribution >= 0.6 is 0 Å². The van der Waals surface area contributed by atoms with Gasteiger partial charge >= 0.3 is 0 Å². The zero-order chi connectivity index (χ0) is 20.0. The first-order chi connectivity index (χ1) is 14.1. The molecule has 29 heavy (non-hydrogen) atoms. The van der Waals surface area contributed by atoms with Gasteiger partial charge in [-0.15, -0.1) is 0 Å². The Morgan fingerprint density at radius 1 is 0.966 bits per heavy atom. The predicted octanol–water partition coefficient (Wildman–Crippen LogP) is 3.83. The summed E-state index contributed by atoms with van der Waals surface area (Å²) in [5.74, 6) is 1.45. The van der Waals surface area contributed by atoms with Gasteiger partial charge in [-0.05, 0) is 54.7 Å². The second-order valence-electron chi connectivity index (χ2n) is 8.60. The standard InChI is InChI=1S/C25H26N2O2/c1-16(17-8-4-2-5-9-17)26-24(28)23-22-20-13-12-19(14-20)21(22)15-27(23)25(29)18-10-6-3-7-11-18/h2-13,16,19-23H,14-15H2,1H3,(H,26,28)/t16-,19-,20+,21-,22+,23+/m1/s1. The number of hydrogen-bond acceptors (Lipinski definition) is 2. The van der Waals surface area contributed by atoms with Gasteiger partial charge in [0.2, 0.25) is 5.91 Å². The Kier molecular flexibility index (Phi) is 4.50. The number of likely N-dealkylation sites (tertiary alicyclic amines) is 1. The molecule has 2 aromatic rings. The van der Waals surface area contributed by atoms with E-state index in [0.29, 0.717) is 29.9 Å². The summed E-state index contributed by atoms with van der Waals surface area (Å²) in [7, 11) is 0. The van der Waals surface area contributed by atoms with E-state index in [4.69, 9.17) is 0 Å². The second-order valence-corrected chi connectivity index (χ2v) is 8.60. The van der Waals surface area contributed by atoms with Crippen molar-refractivity contribution >= 4 is 11.8 Å². The average molecular weight is 386 g/mol. The van der Waals surface area contributed by atoms with Crippen LogP contribution < -0.4 is 5.32 Å². The molecule has 0 spiro atoms. The third kappa shape index (κ3) is 3.07. The maximum atomic E-state index is 13.5. The minimum absolute atomic E-state index is 0.0286. The lowest BCUT2D eigenvalue weighted by molar-refractivity contribution is -0.127. The predicted molar refractivity (Wildman–Crippen MR) is 112 cm³/mol. The van der Waals surface area contributed by atoms with Crippen LogP contribution in [0.5, 0.6) is 0 Å². The number of carbonyl (C=O) groups excluding carboxylic acids is 2. The minimum Gasteiger partial charge on any atom is -0.348 e. The fourth-order valence-electron chi connectivity index (χ4n) is 5.63. The SMILES string of the molecule is C[C@@H](NC(=O)[C@@H]1[C@@H]2[C@H](CN1C(=O)c1ccccc1)[C@@H]1C=C[C@H]2C1)c1ccccc1. The van der Waals surface area contributed by atoms with Crippen LogP contribution in [-0.4, -0.2) is 29.3 Å². The molecule has 2 bridgehead atoms. The van der Waals surface area contributed by atoms with E-state index in [0.717, 1.165) is 12.0 Å². The molecule has 2 fully saturated rings. The topological polar surface area (TPSA) is 49.4 Å². The maximum absolute atomic E-state index is 13.5. The molecular weight excluding hydrogens is 360 g/mol.